The van der Waals surface area contributed by atoms with Gasteiger partial charge < -0.3 is 9.47 Å². The fourth-order valence-electron chi connectivity index (χ4n) is 2.92. The summed E-state index contributed by atoms with van der Waals surface area (Å²) in [5.74, 6) is 2.29. The van der Waals surface area contributed by atoms with E-state index in [0.717, 1.165) is 7.14 Å². The zero-order valence-corrected chi connectivity index (χ0v) is 20.0. The maximum atomic E-state index is 13.5. The highest BCUT2D eigenvalue weighted by Gasteiger charge is 2.20. The van der Waals surface area contributed by atoms with Crippen LogP contribution >= 0.6 is 45.2 Å². The number of rotatable bonds is 6. The first-order chi connectivity index (χ1) is 14.6. The van der Waals surface area contributed by atoms with Crippen molar-refractivity contribution in [1.29, 1.82) is 0 Å². The van der Waals surface area contributed by atoms with E-state index in [0.29, 0.717) is 34.1 Å². The molecule has 0 atom stereocenters. The summed E-state index contributed by atoms with van der Waals surface area (Å²) in [4.78, 5) is 13.5. The molecule has 4 rings (SSSR count). The Labute approximate surface area is 202 Å². The van der Waals surface area contributed by atoms with Crippen molar-refractivity contribution in [2.45, 2.75) is 0 Å². The van der Waals surface area contributed by atoms with Gasteiger partial charge in [0.25, 0.3) is 0 Å². The molecule has 0 saturated heterocycles. The summed E-state index contributed by atoms with van der Waals surface area (Å²) >= 11 is 4.44. The van der Waals surface area contributed by atoms with E-state index in [9.17, 15) is 4.79 Å². The molecular weight excluding hydrogens is 602 g/mol. The third-order valence-corrected chi connectivity index (χ3v) is 6.16. The van der Waals surface area contributed by atoms with E-state index in [1.165, 1.54) is 0 Å². The van der Waals surface area contributed by atoms with Gasteiger partial charge in [0.05, 0.1) is 18.3 Å². The number of hydrogen-bond donors (Lipinski definition) is 0. The molecule has 4 aromatic rings. The SMILES string of the molecule is O=C(c1ccccc1Oc1ccccc1I)c1ccccc1Oc1ccccc1I. The van der Waals surface area contributed by atoms with Crippen LogP contribution in [0.4, 0.5) is 0 Å². The van der Waals surface area contributed by atoms with Crippen molar-refractivity contribution in [1.82, 2.24) is 0 Å². The predicted octanol–water partition coefficient (Wildman–Crippen LogP) is 7.71. The molecule has 0 spiro atoms. The topological polar surface area (TPSA) is 35.5 Å². The van der Waals surface area contributed by atoms with Crippen LogP contribution in [0.15, 0.2) is 97.1 Å². The lowest BCUT2D eigenvalue weighted by Crippen LogP contribution is -2.06. The van der Waals surface area contributed by atoms with Crippen LogP contribution in [0, 0.1) is 7.14 Å². The first kappa shape index (κ1) is 20.9. The molecule has 0 aromatic heterocycles. The zero-order valence-electron chi connectivity index (χ0n) is 15.7. The monoisotopic (exact) mass is 618 g/mol. The van der Waals surface area contributed by atoms with Crippen LogP contribution < -0.4 is 9.47 Å². The van der Waals surface area contributed by atoms with Crippen molar-refractivity contribution >= 4 is 51.0 Å². The maximum absolute atomic E-state index is 13.5. The zero-order chi connectivity index (χ0) is 20.9. The molecule has 0 heterocycles. The molecule has 0 bridgehead atoms. The fourth-order valence-corrected chi connectivity index (χ4v) is 3.92. The van der Waals surface area contributed by atoms with E-state index in [1.807, 2.05) is 72.8 Å². The van der Waals surface area contributed by atoms with Crippen LogP contribution in [0.5, 0.6) is 23.0 Å². The minimum atomic E-state index is -0.155. The molecule has 0 aliphatic heterocycles. The summed E-state index contributed by atoms with van der Waals surface area (Å²) in [5, 5.41) is 0. The Balaban J connectivity index is 1.70. The number of carbonyl (C=O) groups excluding carboxylic acids is 1. The van der Waals surface area contributed by atoms with Crippen LogP contribution in [0.1, 0.15) is 15.9 Å². The van der Waals surface area contributed by atoms with Crippen molar-refractivity contribution in [3.05, 3.63) is 115 Å². The standard InChI is InChI=1S/C25H16I2O3/c26-19-11-3-7-15-23(19)29-21-13-5-1-9-17(21)25(28)18-10-2-6-14-22(18)30-24-16-8-4-12-20(24)27/h1-16H. The summed E-state index contributed by atoms with van der Waals surface area (Å²) in [6.07, 6.45) is 0. The van der Waals surface area contributed by atoms with Gasteiger partial charge in [-0.2, -0.15) is 0 Å². The predicted molar refractivity (Wildman–Crippen MR) is 135 cm³/mol. The maximum Gasteiger partial charge on any atom is 0.200 e. The second-order valence-electron chi connectivity index (χ2n) is 6.39. The molecule has 3 nitrogen and oxygen atoms in total. The van der Waals surface area contributed by atoms with Gasteiger partial charge in [0.2, 0.25) is 5.78 Å². The second-order valence-corrected chi connectivity index (χ2v) is 8.71. The first-order valence-corrected chi connectivity index (χ1v) is 11.4. The Hall–Kier alpha value is -2.39. The van der Waals surface area contributed by atoms with Gasteiger partial charge in [0, 0.05) is 0 Å². The second kappa shape index (κ2) is 9.61. The number of ether oxygens (including phenoxy) is 2. The number of ketones is 1. The normalized spacial score (nSPS) is 10.5. The van der Waals surface area contributed by atoms with Gasteiger partial charge in [0.1, 0.15) is 23.0 Å². The van der Waals surface area contributed by atoms with Gasteiger partial charge in [-0.1, -0.05) is 48.5 Å². The lowest BCUT2D eigenvalue weighted by molar-refractivity contribution is 0.103. The molecule has 30 heavy (non-hydrogen) atoms. The van der Waals surface area contributed by atoms with Gasteiger partial charge in [-0.25, -0.2) is 0 Å². The van der Waals surface area contributed by atoms with Crippen molar-refractivity contribution in [3.8, 4) is 23.0 Å². The Morgan fingerprint density at radius 3 is 1.23 bits per heavy atom. The molecule has 0 fully saturated rings. The molecular formula is C25H16I2O3. The first-order valence-electron chi connectivity index (χ1n) is 9.21. The van der Waals surface area contributed by atoms with Crippen molar-refractivity contribution in [2.24, 2.45) is 0 Å². The van der Waals surface area contributed by atoms with Gasteiger partial charge in [-0.05, 0) is 93.7 Å². The Morgan fingerprint density at radius 1 is 0.500 bits per heavy atom. The number of benzene rings is 4. The quantitative estimate of drug-likeness (QED) is 0.164. The molecule has 0 aliphatic carbocycles. The Bertz CT molecular complexity index is 1110. The van der Waals surface area contributed by atoms with Crippen LogP contribution in [-0.2, 0) is 0 Å². The van der Waals surface area contributed by atoms with Gasteiger partial charge in [0.15, 0.2) is 0 Å². The highest BCUT2D eigenvalue weighted by atomic mass is 127. The van der Waals surface area contributed by atoms with Crippen LogP contribution in [-0.4, -0.2) is 5.78 Å². The Morgan fingerprint density at radius 2 is 0.833 bits per heavy atom. The van der Waals surface area contributed by atoms with E-state index in [2.05, 4.69) is 45.2 Å². The smallest absolute Gasteiger partial charge is 0.200 e. The fraction of sp³-hybridized carbons (Fsp3) is 0. The summed E-state index contributed by atoms with van der Waals surface area (Å²) in [6, 6.07) is 30.0. The summed E-state index contributed by atoms with van der Waals surface area (Å²) in [5.41, 5.74) is 0.965. The lowest BCUT2D eigenvalue weighted by Gasteiger charge is -2.14. The van der Waals surface area contributed by atoms with E-state index in [-0.39, 0.29) is 5.78 Å². The molecule has 0 aliphatic rings. The summed E-state index contributed by atoms with van der Waals surface area (Å²) in [7, 11) is 0. The number of hydrogen-bond acceptors (Lipinski definition) is 3. The average Bonchev–Trinajstić information content (AvgIpc) is 2.77. The molecule has 5 heteroatoms. The van der Waals surface area contributed by atoms with E-state index < -0.39 is 0 Å². The van der Waals surface area contributed by atoms with E-state index in [4.69, 9.17) is 9.47 Å². The summed E-state index contributed by atoms with van der Waals surface area (Å²) < 4.78 is 14.1. The summed E-state index contributed by atoms with van der Waals surface area (Å²) in [6.45, 7) is 0. The minimum Gasteiger partial charge on any atom is -0.455 e. The molecule has 0 saturated carbocycles. The van der Waals surface area contributed by atoms with Gasteiger partial charge in [-0.3, -0.25) is 4.79 Å². The molecule has 148 valence electrons. The highest BCUT2D eigenvalue weighted by Crippen LogP contribution is 2.34. The average molecular weight is 618 g/mol. The van der Waals surface area contributed by atoms with E-state index in [1.54, 1.807) is 24.3 Å². The van der Waals surface area contributed by atoms with Gasteiger partial charge >= 0.3 is 0 Å². The van der Waals surface area contributed by atoms with Crippen molar-refractivity contribution in [3.63, 3.8) is 0 Å². The minimum absolute atomic E-state index is 0.155. The number of para-hydroxylation sites is 4. The van der Waals surface area contributed by atoms with Crippen molar-refractivity contribution < 1.29 is 14.3 Å². The molecule has 0 unspecified atom stereocenters. The van der Waals surface area contributed by atoms with Crippen LogP contribution in [0.2, 0.25) is 0 Å². The molecule has 0 amide bonds. The largest absolute Gasteiger partial charge is 0.455 e. The third-order valence-electron chi connectivity index (χ3n) is 4.38. The van der Waals surface area contributed by atoms with E-state index >= 15 is 0 Å². The number of carbonyl (C=O) groups is 1. The van der Waals surface area contributed by atoms with Crippen LogP contribution in [0.25, 0.3) is 0 Å². The van der Waals surface area contributed by atoms with Crippen LogP contribution in [0.3, 0.4) is 0 Å². The third kappa shape index (κ3) is 4.67. The Kier molecular flexibility index (Phi) is 6.69. The molecule has 0 radical (unpaired) electrons. The molecule has 0 N–H and O–H groups in total. The highest BCUT2D eigenvalue weighted by molar-refractivity contribution is 14.1. The van der Waals surface area contributed by atoms with Gasteiger partial charge in [-0.15, -0.1) is 0 Å². The lowest BCUT2D eigenvalue weighted by atomic mass is 10.0. The molecule has 4 aromatic carbocycles. The van der Waals surface area contributed by atoms with Crippen molar-refractivity contribution in [2.75, 3.05) is 0 Å². The number of halogens is 2.